The van der Waals surface area contributed by atoms with Crippen LogP contribution in [0.4, 0.5) is 4.79 Å². The minimum atomic E-state index is -0.993. The van der Waals surface area contributed by atoms with Crippen molar-refractivity contribution in [3.8, 4) is 0 Å². The predicted molar refractivity (Wildman–Crippen MR) is 156 cm³/mol. The van der Waals surface area contributed by atoms with Gasteiger partial charge in [0.05, 0.1) is 23.6 Å². The van der Waals surface area contributed by atoms with E-state index in [1.165, 1.54) is 20.3 Å². The largest absolute Gasteiger partial charge is 0.439 e. The first-order chi connectivity index (χ1) is 19.9. The first kappa shape index (κ1) is 33.0. The molecule has 1 aliphatic heterocycles. The van der Waals surface area contributed by atoms with Crippen LogP contribution in [0.1, 0.15) is 53.4 Å². The molecule has 11 heteroatoms. The van der Waals surface area contributed by atoms with E-state index in [0.29, 0.717) is 17.6 Å². The summed E-state index contributed by atoms with van der Waals surface area (Å²) in [5, 5.41) is 17.0. The third-order valence-corrected chi connectivity index (χ3v) is 7.72. The molecular formula is C31H43N3O8. The molecule has 0 aromatic carbocycles. The maximum absolute atomic E-state index is 13.6. The zero-order valence-corrected chi connectivity index (χ0v) is 25.1. The summed E-state index contributed by atoms with van der Waals surface area (Å²) < 4.78 is 16.6. The smallest absolute Gasteiger partial charge is 0.405 e. The lowest BCUT2D eigenvalue weighted by molar-refractivity contribution is -0.120. The van der Waals surface area contributed by atoms with Crippen molar-refractivity contribution in [1.82, 2.24) is 10.6 Å². The highest BCUT2D eigenvalue weighted by Crippen LogP contribution is 2.30. The lowest BCUT2D eigenvalue weighted by Crippen LogP contribution is -2.38. The molecule has 1 heterocycles. The van der Waals surface area contributed by atoms with E-state index in [0.717, 1.165) is 18.9 Å². The van der Waals surface area contributed by atoms with Crippen molar-refractivity contribution < 1.29 is 38.5 Å². The van der Waals surface area contributed by atoms with Crippen LogP contribution < -0.4 is 16.4 Å². The number of carbonyl (C=O) groups is 4. The highest BCUT2D eigenvalue weighted by Gasteiger charge is 2.35. The van der Waals surface area contributed by atoms with Gasteiger partial charge in [-0.25, -0.2) is 4.79 Å². The van der Waals surface area contributed by atoms with E-state index in [4.69, 9.17) is 19.9 Å². The average Bonchev–Trinajstić information content (AvgIpc) is 3.76. The van der Waals surface area contributed by atoms with Gasteiger partial charge in [0.15, 0.2) is 6.10 Å². The van der Waals surface area contributed by atoms with Crippen LogP contribution in [0, 0.1) is 11.8 Å². The average molecular weight is 586 g/mol. The molecule has 11 nitrogen and oxygen atoms in total. The molecule has 2 bridgehead atoms. The Labute approximate surface area is 246 Å². The highest BCUT2D eigenvalue weighted by atomic mass is 16.6. The molecule has 3 rings (SSSR count). The number of aliphatic hydroxyl groups is 1. The Balaban J connectivity index is 2.05. The van der Waals surface area contributed by atoms with Crippen LogP contribution in [0.3, 0.4) is 0 Å². The number of Topliss-reactive ketones (excluding diaryl/α,β-unsaturated/α-hetero) is 1. The Morgan fingerprint density at radius 1 is 1.12 bits per heavy atom. The minimum absolute atomic E-state index is 0.0929. The summed E-state index contributed by atoms with van der Waals surface area (Å²) in [5.41, 5.74) is 6.69. The van der Waals surface area contributed by atoms with Crippen LogP contribution in [-0.2, 0) is 28.6 Å². The van der Waals surface area contributed by atoms with Crippen LogP contribution in [-0.4, -0.2) is 73.4 Å². The molecule has 2 aliphatic carbocycles. The van der Waals surface area contributed by atoms with E-state index in [2.05, 4.69) is 10.6 Å². The van der Waals surface area contributed by atoms with Crippen molar-refractivity contribution in [3.05, 3.63) is 58.5 Å². The normalized spacial score (nSPS) is 33.5. The van der Waals surface area contributed by atoms with Gasteiger partial charge in [-0.05, 0) is 51.0 Å². The number of ether oxygens (including phenoxy) is 3. The van der Waals surface area contributed by atoms with E-state index >= 15 is 0 Å². The lowest BCUT2D eigenvalue weighted by atomic mass is 9.85. The van der Waals surface area contributed by atoms with Crippen LogP contribution in [0.25, 0.3) is 0 Å². The minimum Gasteiger partial charge on any atom is -0.439 e. The molecule has 3 aliphatic rings. The molecule has 0 radical (unpaired) electrons. The number of methoxy groups -OCH3 is 2. The summed E-state index contributed by atoms with van der Waals surface area (Å²) in [6.45, 7) is 7.04. The highest BCUT2D eigenvalue weighted by molar-refractivity contribution is 6.23. The SMILES string of the molecule is CO[C@H]1/C=C\C=C(/C)C(=O)NC2=CC(=O)C(NC3CC3)=C(C[C@@H](C)C[C@H](OC)[C@H](O)[C@@H](C)/C=C(\C)C1OC(N)=O)C2=O. The van der Waals surface area contributed by atoms with Crippen LogP contribution >= 0.6 is 0 Å². The number of nitrogens with two attached hydrogens (primary N) is 1. The van der Waals surface area contributed by atoms with Gasteiger partial charge in [-0.1, -0.05) is 38.2 Å². The Morgan fingerprint density at radius 3 is 2.40 bits per heavy atom. The molecular weight excluding hydrogens is 542 g/mol. The molecule has 230 valence electrons. The number of primary amides is 1. The second-order valence-corrected chi connectivity index (χ2v) is 11.3. The molecule has 0 spiro atoms. The van der Waals surface area contributed by atoms with Gasteiger partial charge in [0.2, 0.25) is 11.6 Å². The monoisotopic (exact) mass is 585 g/mol. The van der Waals surface area contributed by atoms with Crippen molar-refractivity contribution in [2.45, 2.75) is 83.8 Å². The number of allylic oxidation sites excluding steroid dienone is 4. The molecule has 2 amide bonds. The fourth-order valence-corrected chi connectivity index (χ4v) is 5.17. The molecule has 1 saturated carbocycles. The first-order valence-electron chi connectivity index (χ1n) is 14.2. The van der Waals surface area contributed by atoms with E-state index in [1.807, 2.05) is 13.8 Å². The Bertz CT molecular complexity index is 1230. The molecule has 0 aromatic rings. The van der Waals surface area contributed by atoms with Gasteiger partial charge in [0.25, 0.3) is 5.91 Å². The standard InChI is InChI=1S/C31H43N3O8/c1-16-12-21-26(33-20-10-11-20)23(35)15-22(28(21)37)34-30(38)17(2)8-7-9-24(40-5)29(42-31(32)39)19(4)14-18(3)27(36)25(13-16)41-6/h7-9,14-16,18,20,24-25,27,29,33,36H,10-13H2,1-6H3,(H2,32,39)(H,34,38)/b9-7-,17-8+,19-14+/t16-,18+,24+,25+,27-,29?/m1/s1. The van der Waals surface area contributed by atoms with Crippen molar-refractivity contribution in [1.29, 1.82) is 0 Å². The summed E-state index contributed by atoms with van der Waals surface area (Å²) in [7, 11) is 2.94. The van der Waals surface area contributed by atoms with Gasteiger partial charge >= 0.3 is 6.09 Å². The van der Waals surface area contributed by atoms with Gasteiger partial charge in [-0.3, -0.25) is 14.4 Å². The summed E-state index contributed by atoms with van der Waals surface area (Å²) in [6, 6.07) is 0.140. The molecule has 1 unspecified atom stereocenters. The number of ketones is 2. The summed E-state index contributed by atoms with van der Waals surface area (Å²) in [4.78, 5) is 51.5. The third kappa shape index (κ3) is 8.50. The molecule has 5 N–H and O–H groups in total. The van der Waals surface area contributed by atoms with Crippen LogP contribution in [0.5, 0.6) is 0 Å². The molecule has 1 fully saturated rings. The summed E-state index contributed by atoms with van der Waals surface area (Å²) >= 11 is 0. The number of aliphatic hydroxyl groups excluding tert-OH is 1. The maximum Gasteiger partial charge on any atom is 0.405 e. The number of nitrogens with one attached hydrogen (secondary N) is 2. The summed E-state index contributed by atoms with van der Waals surface area (Å²) in [5.74, 6) is -1.94. The first-order valence-corrected chi connectivity index (χ1v) is 14.2. The van der Waals surface area contributed by atoms with Crippen molar-refractivity contribution in [2.75, 3.05) is 14.2 Å². The molecule has 0 saturated heterocycles. The number of hydrogen-bond donors (Lipinski definition) is 4. The third-order valence-electron chi connectivity index (χ3n) is 7.72. The van der Waals surface area contributed by atoms with Crippen molar-refractivity contribution in [2.24, 2.45) is 17.6 Å². The fourth-order valence-electron chi connectivity index (χ4n) is 5.17. The van der Waals surface area contributed by atoms with Gasteiger partial charge in [0.1, 0.15) is 6.10 Å². The lowest BCUT2D eigenvalue weighted by Gasteiger charge is -2.30. The number of fused-ring (bicyclic) bond motifs is 2. The molecule has 42 heavy (non-hydrogen) atoms. The van der Waals surface area contributed by atoms with E-state index in [-0.39, 0.29) is 41.1 Å². The number of hydrogen-bond acceptors (Lipinski definition) is 9. The second kappa shape index (κ2) is 14.6. The predicted octanol–water partition coefficient (Wildman–Crippen LogP) is 2.51. The fraction of sp³-hybridized carbons (Fsp3) is 0.548. The van der Waals surface area contributed by atoms with E-state index < -0.39 is 48.1 Å². The van der Waals surface area contributed by atoms with Gasteiger partial charge < -0.3 is 35.7 Å². The maximum atomic E-state index is 13.6. The quantitative estimate of drug-likeness (QED) is 0.280. The summed E-state index contributed by atoms with van der Waals surface area (Å²) in [6.07, 6.45) is 5.85. The van der Waals surface area contributed by atoms with E-state index in [1.54, 1.807) is 32.1 Å². The molecule has 6 atom stereocenters. The number of rotatable bonds is 5. The number of carbonyl (C=O) groups excluding carboxylic acids is 4. The van der Waals surface area contributed by atoms with Crippen molar-refractivity contribution in [3.63, 3.8) is 0 Å². The van der Waals surface area contributed by atoms with Crippen LogP contribution in [0.15, 0.2) is 58.5 Å². The van der Waals surface area contributed by atoms with Gasteiger partial charge in [-0.2, -0.15) is 0 Å². The Hall–Kier alpha value is -3.54. The van der Waals surface area contributed by atoms with Crippen molar-refractivity contribution >= 4 is 23.6 Å². The van der Waals surface area contributed by atoms with Gasteiger partial charge in [0, 0.05) is 43.4 Å². The zero-order chi connectivity index (χ0) is 31.1. The second-order valence-electron chi connectivity index (χ2n) is 11.3. The Kier molecular flexibility index (Phi) is 11.4. The zero-order valence-electron chi connectivity index (χ0n) is 25.1. The van der Waals surface area contributed by atoms with Crippen LogP contribution in [0.2, 0.25) is 0 Å². The Morgan fingerprint density at radius 2 is 1.81 bits per heavy atom. The number of amides is 2. The van der Waals surface area contributed by atoms with E-state index in [9.17, 15) is 24.3 Å². The topological polar surface area (TPSA) is 166 Å². The van der Waals surface area contributed by atoms with Gasteiger partial charge in [-0.15, -0.1) is 0 Å². The molecule has 0 aromatic heterocycles.